The van der Waals surface area contributed by atoms with Gasteiger partial charge in [-0.2, -0.15) is 0 Å². The first-order valence-electron chi connectivity index (χ1n) is 13.4. The van der Waals surface area contributed by atoms with E-state index in [2.05, 4.69) is 65.8 Å². The van der Waals surface area contributed by atoms with Crippen LogP contribution < -0.4 is 10.9 Å². The number of nitrogens with one attached hydrogen (secondary N) is 2. The number of rotatable bonds is 7. The predicted octanol–water partition coefficient (Wildman–Crippen LogP) is 5.86. The van der Waals surface area contributed by atoms with Gasteiger partial charge in [-0.25, -0.2) is 10.4 Å². The molecule has 4 atom stereocenters. The molecule has 3 heterocycles. The number of aromatic nitrogens is 1. The van der Waals surface area contributed by atoms with E-state index in [9.17, 15) is 4.79 Å². The number of aryl methyl sites for hydroxylation is 1. The van der Waals surface area contributed by atoms with Crippen LogP contribution in [0.15, 0.2) is 44.3 Å². The topological polar surface area (TPSA) is 92.0 Å². The van der Waals surface area contributed by atoms with Gasteiger partial charge in [0.25, 0.3) is 0 Å². The van der Waals surface area contributed by atoms with Crippen LogP contribution in [0.5, 0.6) is 0 Å². The van der Waals surface area contributed by atoms with Gasteiger partial charge >= 0.3 is 0 Å². The lowest BCUT2D eigenvalue weighted by Crippen LogP contribution is -2.49. The number of hydrazine groups is 1. The molecule has 0 saturated carbocycles. The second kappa shape index (κ2) is 10.5. The molecular formula is C28H42BrN5O3Si. The van der Waals surface area contributed by atoms with E-state index in [4.69, 9.17) is 13.9 Å². The van der Waals surface area contributed by atoms with E-state index in [-0.39, 0.29) is 29.0 Å². The lowest BCUT2D eigenvalue weighted by Gasteiger charge is -2.38. The first-order chi connectivity index (χ1) is 17.6. The Kier molecular flexibility index (Phi) is 8.02. The van der Waals surface area contributed by atoms with Gasteiger partial charge in [0.2, 0.25) is 5.91 Å². The molecule has 10 heteroatoms. The van der Waals surface area contributed by atoms with Crippen molar-refractivity contribution in [3.63, 3.8) is 0 Å². The van der Waals surface area contributed by atoms with Crippen LogP contribution in [0.25, 0.3) is 0 Å². The van der Waals surface area contributed by atoms with Crippen molar-refractivity contribution in [3.05, 3.63) is 51.8 Å². The molecule has 1 aromatic heterocycles. The van der Waals surface area contributed by atoms with Gasteiger partial charge in [-0.3, -0.25) is 4.79 Å². The molecule has 0 spiro atoms. The lowest BCUT2D eigenvalue weighted by molar-refractivity contribution is -0.134. The quantitative estimate of drug-likeness (QED) is 0.385. The van der Waals surface area contributed by atoms with Crippen LogP contribution in [0, 0.1) is 12.8 Å². The summed E-state index contributed by atoms with van der Waals surface area (Å²) in [6, 6.07) is 9.75. The summed E-state index contributed by atoms with van der Waals surface area (Å²) in [5, 5.41) is 4.13. The van der Waals surface area contributed by atoms with E-state index >= 15 is 0 Å². The van der Waals surface area contributed by atoms with Gasteiger partial charge in [-0.05, 0) is 55.6 Å². The number of amides is 1. The molecule has 1 fully saturated rings. The second-order valence-corrected chi connectivity index (χ2v) is 18.3. The highest BCUT2D eigenvalue weighted by atomic mass is 79.9. The van der Waals surface area contributed by atoms with Crippen LogP contribution in [0.4, 0.5) is 0 Å². The number of halogens is 1. The summed E-state index contributed by atoms with van der Waals surface area (Å²) in [7, 11) is -2.05. The number of hydrogen-bond acceptors (Lipinski definition) is 7. The predicted molar refractivity (Wildman–Crippen MR) is 156 cm³/mol. The molecule has 208 valence electrons. The zero-order valence-electron chi connectivity index (χ0n) is 24.1. The minimum absolute atomic E-state index is 0.0178. The Morgan fingerprint density at radius 3 is 2.47 bits per heavy atom. The number of carbonyl (C=O) groups is 1. The standard InChI is InChI=1S/C28H42BrN5O3Si/c1-17(2)24(23-14-18(3)32-36-23)26(35)34-16-21(37-38(8,9)27(4,5)6)15-22(34)25-30-28(7,33-31-25)19-10-12-20(29)13-11-19/h10-14,17,21-22,24,33H,15-16H2,1-9H3,(H,30,31)/t21-,22+,24?,28?/m1/s1. The van der Waals surface area contributed by atoms with Crippen molar-refractivity contribution >= 4 is 36.0 Å². The molecule has 2 unspecified atom stereocenters. The van der Waals surface area contributed by atoms with Crippen molar-refractivity contribution in [2.75, 3.05) is 6.54 Å². The molecule has 0 radical (unpaired) electrons. The van der Waals surface area contributed by atoms with Crippen LogP contribution >= 0.6 is 15.9 Å². The molecule has 1 saturated heterocycles. The first-order valence-corrected chi connectivity index (χ1v) is 17.1. The third-order valence-corrected chi connectivity index (χ3v) is 13.3. The third-order valence-electron chi connectivity index (χ3n) is 8.20. The fourth-order valence-electron chi connectivity index (χ4n) is 4.97. The van der Waals surface area contributed by atoms with Gasteiger partial charge in [-0.1, -0.05) is 67.8 Å². The van der Waals surface area contributed by atoms with Crippen molar-refractivity contribution in [1.82, 2.24) is 20.9 Å². The van der Waals surface area contributed by atoms with E-state index in [0.29, 0.717) is 18.7 Å². The highest BCUT2D eigenvalue weighted by Crippen LogP contribution is 2.40. The number of nitrogens with zero attached hydrogens (tertiary/aromatic N) is 3. The van der Waals surface area contributed by atoms with Gasteiger partial charge in [0.15, 0.2) is 14.0 Å². The van der Waals surface area contributed by atoms with Crippen molar-refractivity contribution in [2.45, 2.75) is 96.7 Å². The molecule has 8 nitrogen and oxygen atoms in total. The normalized spacial score (nSPS) is 25.0. The van der Waals surface area contributed by atoms with E-state index in [0.717, 1.165) is 21.6 Å². The summed E-state index contributed by atoms with van der Waals surface area (Å²) in [6.07, 6.45) is 0.612. The number of hydrogen-bond donors (Lipinski definition) is 2. The maximum absolute atomic E-state index is 14.2. The molecule has 2 aromatic rings. The number of amidine groups is 1. The average molecular weight is 605 g/mol. The number of benzene rings is 1. The zero-order chi connectivity index (χ0) is 28.0. The van der Waals surface area contributed by atoms with Crippen molar-refractivity contribution < 1.29 is 13.7 Å². The molecule has 1 aromatic carbocycles. The Morgan fingerprint density at radius 2 is 1.92 bits per heavy atom. The lowest BCUT2D eigenvalue weighted by atomic mass is 9.91. The monoisotopic (exact) mass is 603 g/mol. The minimum atomic E-state index is -2.05. The molecule has 2 aliphatic rings. The van der Waals surface area contributed by atoms with Gasteiger partial charge < -0.3 is 19.3 Å². The van der Waals surface area contributed by atoms with Gasteiger partial charge in [0.1, 0.15) is 17.5 Å². The highest BCUT2D eigenvalue weighted by molar-refractivity contribution is 9.10. The van der Waals surface area contributed by atoms with Crippen LogP contribution in [0.3, 0.4) is 0 Å². The van der Waals surface area contributed by atoms with Crippen LogP contribution in [-0.2, 0) is 14.9 Å². The summed E-state index contributed by atoms with van der Waals surface area (Å²) in [6.45, 7) is 19.8. The summed E-state index contributed by atoms with van der Waals surface area (Å²) in [4.78, 5) is 21.3. The summed E-state index contributed by atoms with van der Waals surface area (Å²) in [5.74, 6) is 0.985. The molecule has 38 heavy (non-hydrogen) atoms. The maximum Gasteiger partial charge on any atom is 0.234 e. The fraction of sp³-hybridized carbons (Fsp3) is 0.607. The van der Waals surface area contributed by atoms with E-state index < -0.39 is 19.9 Å². The van der Waals surface area contributed by atoms with Crippen LogP contribution in [0.1, 0.15) is 70.9 Å². The highest BCUT2D eigenvalue weighted by Gasteiger charge is 2.48. The zero-order valence-corrected chi connectivity index (χ0v) is 26.6. The van der Waals surface area contributed by atoms with E-state index in [1.54, 1.807) is 0 Å². The van der Waals surface area contributed by atoms with Crippen molar-refractivity contribution in [1.29, 1.82) is 0 Å². The maximum atomic E-state index is 14.2. The summed E-state index contributed by atoms with van der Waals surface area (Å²) < 4.78 is 13.4. The Bertz CT molecular complexity index is 1190. The van der Waals surface area contributed by atoms with Gasteiger partial charge in [-0.15, -0.1) is 0 Å². The van der Waals surface area contributed by atoms with Gasteiger partial charge in [0.05, 0.1) is 17.8 Å². The molecule has 2 aliphatic heterocycles. The molecule has 2 N–H and O–H groups in total. The number of likely N-dealkylation sites (tertiary alicyclic amines) is 1. The van der Waals surface area contributed by atoms with E-state index in [1.165, 1.54) is 0 Å². The van der Waals surface area contributed by atoms with Gasteiger partial charge in [0, 0.05) is 23.5 Å². The number of carbonyl (C=O) groups excluding carboxylic acids is 1. The first kappa shape index (κ1) is 29.0. The molecule has 0 aliphatic carbocycles. The second-order valence-electron chi connectivity index (χ2n) is 12.7. The Morgan fingerprint density at radius 1 is 1.26 bits per heavy atom. The third kappa shape index (κ3) is 5.78. The van der Waals surface area contributed by atoms with Crippen molar-refractivity contribution in [3.8, 4) is 0 Å². The summed E-state index contributed by atoms with van der Waals surface area (Å²) >= 11 is 3.51. The Balaban J connectivity index is 1.68. The number of aliphatic imine (C=N–C) groups is 1. The summed E-state index contributed by atoms with van der Waals surface area (Å²) in [5.41, 5.74) is 7.84. The SMILES string of the molecule is Cc1cc(C(C(=O)N2C[C@H](O[Si](C)(C)C(C)(C)C)C[C@H]2C2=NC(C)(c3ccc(Br)cc3)NN2)C(C)C)on1. The molecular weight excluding hydrogens is 562 g/mol. The minimum Gasteiger partial charge on any atom is -0.412 e. The van der Waals surface area contributed by atoms with Crippen molar-refractivity contribution in [2.24, 2.45) is 10.9 Å². The molecule has 1 amide bonds. The Hall–Kier alpha value is -2.01. The van der Waals surface area contributed by atoms with Crippen LogP contribution in [-0.4, -0.2) is 48.8 Å². The molecule has 4 rings (SSSR count). The fourth-order valence-corrected chi connectivity index (χ4v) is 6.60. The van der Waals surface area contributed by atoms with Crippen LogP contribution in [0.2, 0.25) is 18.1 Å². The largest absolute Gasteiger partial charge is 0.412 e. The average Bonchev–Trinajstić information content (AvgIpc) is 3.52. The van der Waals surface area contributed by atoms with E-state index in [1.807, 2.05) is 62.9 Å². The Labute approximate surface area is 236 Å². The molecule has 0 bridgehead atoms. The smallest absolute Gasteiger partial charge is 0.234 e.